The molecule has 0 atom stereocenters. The molecule has 2 aromatic carbocycles. The molecular weight excluding hydrogens is 480 g/mol. The normalized spacial score (nSPS) is 11.5. The average molecular weight is 503 g/mol. The minimum Gasteiger partial charge on any atom is -0.326 e. The second-order valence-corrected chi connectivity index (χ2v) is 11.1. The smallest absolute Gasteiger partial charge is 0.279 e. The van der Waals surface area contributed by atoms with Crippen molar-refractivity contribution in [1.82, 2.24) is 4.98 Å². The highest BCUT2D eigenvalue weighted by Crippen LogP contribution is 2.31. The fourth-order valence-electron chi connectivity index (χ4n) is 3.01. The fraction of sp³-hybridized carbons (Fsp3) is 0.136. The number of nitrogens with one attached hydrogen (secondary N) is 2. The third-order valence-corrected chi connectivity index (χ3v) is 8.63. The van der Waals surface area contributed by atoms with Crippen LogP contribution in [0.25, 0.3) is 0 Å². The van der Waals surface area contributed by atoms with E-state index < -0.39 is 20.0 Å². The lowest BCUT2D eigenvalue weighted by molar-refractivity contribution is -0.115. The molecule has 178 valence electrons. The summed E-state index contributed by atoms with van der Waals surface area (Å²) in [5.74, 6) is -0.991. The van der Waals surface area contributed by atoms with E-state index in [0.717, 1.165) is 0 Å². The van der Waals surface area contributed by atoms with Crippen molar-refractivity contribution in [2.24, 2.45) is 0 Å². The number of aromatic nitrogens is 1. The molecule has 10 nitrogen and oxygen atoms in total. The number of carbonyl (C=O) groups is 2. The molecule has 0 fully saturated rings. The number of carbonyl (C=O) groups excluding carboxylic acids is 2. The average Bonchev–Trinajstić information content (AvgIpc) is 2.73. The number of nitrogens with zero attached hydrogens (tertiary/aromatic N) is 2. The van der Waals surface area contributed by atoms with Crippen molar-refractivity contribution in [3.8, 4) is 0 Å². The maximum atomic E-state index is 13.6. The molecule has 1 aromatic heterocycles. The summed E-state index contributed by atoms with van der Waals surface area (Å²) in [6.07, 6.45) is 1.31. The molecule has 34 heavy (non-hydrogen) atoms. The van der Waals surface area contributed by atoms with Crippen LogP contribution in [0.2, 0.25) is 0 Å². The highest BCUT2D eigenvalue weighted by Gasteiger charge is 2.38. The molecule has 0 bridgehead atoms. The number of benzene rings is 2. The number of hydrogen-bond acceptors (Lipinski definition) is 7. The lowest BCUT2D eigenvalue weighted by atomic mass is 10.3. The molecule has 0 spiro atoms. The molecule has 2 N–H and O–H groups in total. The number of aryl methyl sites for hydroxylation is 1. The van der Waals surface area contributed by atoms with Crippen LogP contribution in [0, 0.1) is 6.92 Å². The Hall–Kier alpha value is -3.77. The number of pyridine rings is 1. The quantitative estimate of drug-likeness (QED) is 0.506. The Bertz CT molecular complexity index is 1350. The van der Waals surface area contributed by atoms with Crippen LogP contribution in [-0.4, -0.2) is 33.6 Å². The van der Waals surface area contributed by atoms with Crippen LogP contribution in [0.4, 0.5) is 17.2 Å². The van der Waals surface area contributed by atoms with Crippen molar-refractivity contribution < 1.29 is 26.4 Å². The van der Waals surface area contributed by atoms with Gasteiger partial charge in [0, 0.05) is 31.4 Å². The Morgan fingerprint density at radius 3 is 1.50 bits per heavy atom. The summed E-state index contributed by atoms with van der Waals surface area (Å²) in [7, 11) is -9.30. The number of amides is 2. The van der Waals surface area contributed by atoms with E-state index in [2.05, 4.69) is 15.6 Å². The predicted octanol–water partition coefficient (Wildman–Crippen LogP) is 2.89. The molecule has 0 aliphatic heterocycles. The predicted molar refractivity (Wildman–Crippen MR) is 127 cm³/mol. The zero-order chi connectivity index (χ0) is 25.1. The first-order valence-electron chi connectivity index (χ1n) is 9.90. The first-order valence-corrected chi connectivity index (χ1v) is 12.8. The van der Waals surface area contributed by atoms with Crippen molar-refractivity contribution in [2.75, 3.05) is 14.3 Å². The van der Waals surface area contributed by atoms with E-state index in [4.69, 9.17) is 0 Å². The van der Waals surface area contributed by atoms with Gasteiger partial charge >= 0.3 is 0 Å². The number of rotatable bonds is 7. The van der Waals surface area contributed by atoms with Gasteiger partial charge in [0.1, 0.15) is 0 Å². The Labute approximate surface area is 197 Å². The van der Waals surface area contributed by atoms with Gasteiger partial charge in [0.2, 0.25) is 11.8 Å². The maximum Gasteiger partial charge on any atom is 0.279 e. The molecule has 0 saturated carbocycles. The van der Waals surface area contributed by atoms with E-state index in [9.17, 15) is 26.4 Å². The van der Waals surface area contributed by atoms with Crippen molar-refractivity contribution in [3.63, 3.8) is 0 Å². The second-order valence-electron chi connectivity index (χ2n) is 7.31. The van der Waals surface area contributed by atoms with E-state index in [-0.39, 0.29) is 31.1 Å². The largest absolute Gasteiger partial charge is 0.326 e. The van der Waals surface area contributed by atoms with Crippen LogP contribution in [0.1, 0.15) is 19.4 Å². The molecular formula is C22H22N4O6S2. The van der Waals surface area contributed by atoms with Gasteiger partial charge in [0.15, 0.2) is 5.82 Å². The van der Waals surface area contributed by atoms with Gasteiger partial charge in [0.05, 0.1) is 9.79 Å². The monoisotopic (exact) mass is 502 g/mol. The fourth-order valence-corrected chi connectivity index (χ4v) is 6.60. The number of hydrogen-bond donors (Lipinski definition) is 2. The van der Waals surface area contributed by atoms with Gasteiger partial charge in [-0.2, -0.15) is 16.8 Å². The molecule has 0 aliphatic carbocycles. The van der Waals surface area contributed by atoms with Gasteiger partial charge in [0.25, 0.3) is 20.0 Å². The molecule has 0 saturated heterocycles. The highest BCUT2D eigenvalue weighted by molar-refractivity contribution is 8.10. The lowest BCUT2D eigenvalue weighted by Crippen LogP contribution is -2.37. The Kier molecular flexibility index (Phi) is 7.03. The van der Waals surface area contributed by atoms with Gasteiger partial charge in [-0.25, -0.2) is 4.98 Å². The van der Waals surface area contributed by atoms with Crippen molar-refractivity contribution in [3.05, 3.63) is 72.4 Å². The van der Waals surface area contributed by atoms with Crippen molar-refractivity contribution in [1.29, 1.82) is 0 Å². The maximum absolute atomic E-state index is 13.6. The molecule has 0 radical (unpaired) electrons. The zero-order valence-electron chi connectivity index (χ0n) is 18.5. The first-order chi connectivity index (χ1) is 15.9. The minimum atomic E-state index is -4.65. The molecule has 0 unspecified atom stereocenters. The Morgan fingerprint density at radius 1 is 0.735 bits per heavy atom. The van der Waals surface area contributed by atoms with Crippen LogP contribution in [0.5, 0.6) is 0 Å². The molecule has 3 aromatic rings. The number of anilines is 3. The summed E-state index contributed by atoms with van der Waals surface area (Å²) >= 11 is 0. The van der Waals surface area contributed by atoms with Crippen molar-refractivity contribution in [2.45, 2.75) is 30.6 Å². The van der Waals surface area contributed by atoms with Crippen LogP contribution < -0.4 is 14.3 Å². The standard InChI is InChI=1S/C22H22N4O6S2/c1-15-12-13-23-22(14-15)26(33(29,30)20-8-4-18(5-9-20)24-16(2)27)34(31,32)21-10-6-19(7-11-21)25-17(3)28/h4-14H,1-3H3,(H,24,27)(H,25,28). The third-order valence-electron chi connectivity index (χ3n) is 4.47. The summed E-state index contributed by atoms with van der Waals surface area (Å²) in [4.78, 5) is 25.8. The van der Waals surface area contributed by atoms with Crippen LogP contribution >= 0.6 is 0 Å². The van der Waals surface area contributed by atoms with Gasteiger partial charge < -0.3 is 10.6 Å². The summed E-state index contributed by atoms with van der Waals surface area (Å²) in [5.41, 5.74) is 1.30. The Balaban J connectivity index is 2.14. The molecule has 1 heterocycles. The van der Waals surface area contributed by atoms with E-state index in [0.29, 0.717) is 16.9 Å². The number of sulfonamides is 2. The van der Waals surface area contributed by atoms with Gasteiger partial charge in [-0.05, 0) is 73.2 Å². The van der Waals surface area contributed by atoms with E-state index in [1.165, 1.54) is 74.6 Å². The van der Waals surface area contributed by atoms with Crippen LogP contribution in [0.3, 0.4) is 0 Å². The first kappa shape index (κ1) is 24.9. The second kappa shape index (κ2) is 9.61. The molecule has 3 rings (SSSR count). The third kappa shape index (κ3) is 5.41. The van der Waals surface area contributed by atoms with Gasteiger partial charge in [-0.15, -0.1) is 3.71 Å². The summed E-state index contributed by atoms with van der Waals surface area (Å²) in [6.45, 7) is 4.28. The van der Waals surface area contributed by atoms with E-state index in [1.54, 1.807) is 13.0 Å². The molecule has 12 heteroatoms. The van der Waals surface area contributed by atoms with Gasteiger partial charge in [-0.3, -0.25) is 9.59 Å². The minimum absolute atomic E-state index is 0.272. The summed E-state index contributed by atoms with van der Waals surface area (Å²) in [5, 5.41) is 5.04. The molecule has 0 aliphatic rings. The Morgan fingerprint density at radius 2 is 1.15 bits per heavy atom. The summed E-state index contributed by atoms with van der Waals surface area (Å²) < 4.78 is 54.6. The SMILES string of the molecule is CC(=O)Nc1ccc(S(=O)(=O)N(c2cc(C)ccn2)S(=O)(=O)c2ccc(NC(C)=O)cc2)cc1. The van der Waals surface area contributed by atoms with Crippen LogP contribution in [-0.2, 0) is 29.6 Å². The topological polar surface area (TPSA) is 143 Å². The lowest BCUT2D eigenvalue weighted by Gasteiger charge is -2.23. The van der Waals surface area contributed by atoms with Crippen LogP contribution in [0.15, 0.2) is 76.7 Å². The van der Waals surface area contributed by atoms with Gasteiger partial charge in [-0.1, -0.05) is 0 Å². The zero-order valence-corrected chi connectivity index (χ0v) is 20.1. The summed E-state index contributed by atoms with van der Waals surface area (Å²) in [6, 6.07) is 13.1. The molecule has 2 amide bonds. The van der Waals surface area contributed by atoms with Crippen molar-refractivity contribution >= 4 is 49.1 Å². The highest BCUT2D eigenvalue weighted by atomic mass is 32.3. The van der Waals surface area contributed by atoms with E-state index >= 15 is 0 Å². The van der Waals surface area contributed by atoms with E-state index in [1.807, 2.05) is 0 Å².